The van der Waals surface area contributed by atoms with E-state index in [1.165, 1.54) is 12.0 Å². The predicted molar refractivity (Wildman–Crippen MR) is 49.4 cm³/mol. The van der Waals surface area contributed by atoms with Crippen LogP contribution >= 0.6 is 0 Å². The van der Waals surface area contributed by atoms with E-state index in [0.717, 1.165) is 13.1 Å². The molecule has 0 unspecified atom stereocenters. The predicted octanol–water partition coefficient (Wildman–Crippen LogP) is 2.56. The molecule has 0 N–H and O–H groups in total. The number of hydrogen-bond acceptors (Lipinski definition) is 1. The van der Waals surface area contributed by atoms with Crippen LogP contribution in [0.1, 0.15) is 27.2 Å². The lowest BCUT2D eigenvalue weighted by molar-refractivity contribution is 0.417. The minimum atomic E-state index is 1.12. The number of rotatable bonds is 2. The highest BCUT2D eigenvalue weighted by Crippen LogP contribution is 2.14. The van der Waals surface area contributed by atoms with E-state index in [1.54, 1.807) is 5.57 Å². The van der Waals surface area contributed by atoms with Crippen LogP contribution in [0, 0.1) is 0 Å². The van der Waals surface area contributed by atoms with Crippen molar-refractivity contribution in [1.82, 2.24) is 4.90 Å². The van der Waals surface area contributed by atoms with Gasteiger partial charge in [-0.2, -0.15) is 0 Å². The summed E-state index contributed by atoms with van der Waals surface area (Å²) in [5.74, 6) is 0. The number of likely N-dealkylation sites (N-methyl/N-ethyl adjacent to an activating group) is 1. The van der Waals surface area contributed by atoms with Crippen molar-refractivity contribution in [2.45, 2.75) is 27.2 Å². The monoisotopic (exact) mass is 151 g/mol. The Kier molecular flexibility index (Phi) is 2.75. The van der Waals surface area contributed by atoms with Gasteiger partial charge in [0.1, 0.15) is 0 Å². The molecule has 0 spiro atoms. The fourth-order valence-electron chi connectivity index (χ4n) is 1.42. The molecular weight excluding hydrogens is 134 g/mol. The highest BCUT2D eigenvalue weighted by Gasteiger charge is 2.05. The summed E-state index contributed by atoms with van der Waals surface area (Å²) in [6, 6.07) is 0. The maximum absolute atomic E-state index is 2.36. The van der Waals surface area contributed by atoms with Crippen molar-refractivity contribution in [3.63, 3.8) is 0 Å². The van der Waals surface area contributed by atoms with Crippen LogP contribution in [0.4, 0.5) is 0 Å². The summed E-state index contributed by atoms with van der Waals surface area (Å²) in [7, 11) is 0. The highest BCUT2D eigenvalue weighted by molar-refractivity contribution is 5.26. The molecule has 0 bridgehead atoms. The van der Waals surface area contributed by atoms with Crippen LogP contribution in [-0.4, -0.2) is 18.0 Å². The van der Waals surface area contributed by atoms with E-state index in [-0.39, 0.29) is 0 Å². The molecule has 0 atom stereocenters. The zero-order valence-electron chi connectivity index (χ0n) is 7.72. The normalized spacial score (nSPS) is 17.9. The van der Waals surface area contributed by atoms with Crippen molar-refractivity contribution >= 4 is 0 Å². The third-order valence-corrected chi connectivity index (χ3v) is 2.08. The lowest BCUT2D eigenvalue weighted by Gasteiger charge is -2.24. The highest BCUT2D eigenvalue weighted by atomic mass is 15.1. The molecule has 0 amide bonds. The molecule has 1 aliphatic rings. The summed E-state index contributed by atoms with van der Waals surface area (Å²) < 4.78 is 0. The Balaban J connectivity index is 2.67. The molecule has 0 saturated carbocycles. The standard InChI is InChI=1S/C10H17N/c1-4-10-6-9(3)7-11(5-2)8-10/h6-7H,4-5,8H2,1-3H3. The van der Waals surface area contributed by atoms with Gasteiger partial charge in [-0.25, -0.2) is 0 Å². The van der Waals surface area contributed by atoms with Crippen molar-refractivity contribution in [1.29, 1.82) is 0 Å². The minimum absolute atomic E-state index is 1.12. The van der Waals surface area contributed by atoms with Gasteiger partial charge in [0, 0.05) is 19.3 Å². The van der Waals surface area contributed by atoms with E-state index >= 15 is 0 Å². The largest absolute Gasteiger partial charge is 0.373 e. The van der Waals surface area contributed by atoms with Gasteiger partial charge in [-0.15, -0.1) is 0 Å². The Hall–Kier alpha value is -0.720. The van der Waals surface area contributed by atoms with Gasteiger partial charge in [-0.1, -0.05) is 18.6 Å². The van der Waals surface area contributed by atoms with Crippen LogP contribution in [0.2, 0.25) is 0 Å². The molecule has 11 heavy (non-hydrogen) atoms. The van der Waals surface area contributed by atoms with Gasteiger partial charge in [0.05, 0.1) is 0 Å². The summed E-state index contributed by atoms with van der Waals surface area (Å²) in [4.78, 5) is 2.36. The first-order valence-corrected chi connectivity index (χ1v) is 4.38. The second-order valence-electron chi connectivity index (χ2n) is 3.09. The van der Waals surface area contributed by atoms with Crippen LogP contribution in [-0.2, 0) is 0 Å². The van der Waals surface area contributed by atoms with Gasteiger partial charge in [-0.3, -0.25) is 0 Å². The van der Waals surface area contributed by atoms with E-state index in [9.17, 15) is 0 Å². The number of nitrogens with zero attached hydrogens (tertiary/aromatic N) is 1. The Morgan fingerprint density at radius 3 is 2.73 bits per heavy atom. The lowest BCUT2D eigenvalue weighted by Crippen LogP contribution is -2.22. The number of hydrogen-bond donors (Lipinski definition) is 0. The van der Waals surface area contributed by atoms with Gasteiger partial charge >= 0.3 is 0 Å². The summed E-state index contributed by atoms with van der Waals surface area (Å²) in [6.45, 7) is 8.83. The quantitative estimate of drug-likeness (QED) is 0.586. The zero-order chi connectivity index (χ0) is 8.27. The topological polar surface area (TPSA) is 3.24 Å². The molecule has 0 aromatic carbocycles. The Morgan fingerprint density at radius 1 is 1.45 bits per heavy atom. The van der Waals surface area contributed by atoms with Gasteiger partial charge in [0.2, 0.25) is 0 Å². The SMILES string of the molecule is CCC1=CC(C)=CN(CC)C1. The van der Waals surface area contributed by atoms with Crippen molar-refractivity contribution in [2.75, 3.05) is 13.1 Å². The average Bonchev–Trinajstić information content (AvgIpc) is 2.03. The Labute approximate surface area is 69.4 Å². The zero-order valence-corrected chi connectivity index (χ0v) is 7.72. The van der Waals surface area contributed by atoms with Gasteiger partial charge < -0.3 is 4.90 Å². The second kappa shape index (κ2) is 3.61. The van der Waals surface area contributed by atoms with Crippen molar-refractivity contribution in [2.24, 2.45) is 0 Å². The van der Waals surface area contributed by atoms with Crippen molar-refractivity contribution < 1.29 is 0 Å². The fourth-order valence-corrected chi connectivity index (χ4v) is 1.42. The molecule has 0 aliphatic carbocycles. The average molecular weight is 151 g/mol. The summed E-state index contributed by atoms with van der Waals surface area (Å²) in [5, 5.41) is 0. The molecular formula is C10H17N. The second-order valence-corrected chi connectivity index (χ2v) is 3.09. The molecule has 0 saturated heterocycles. The smallest absolute Gasteiger partial charge is 0.0386 e. The van der Waals surface area contributed by atoms with E-state index in [4.69, 9.17) is 0 Å². The van der Waals surface area contributed by atoms with Gasteiger partial charge in [0.15, 0.2) is 0 Å². The third kappa shape index (κ3) is 2.11. The molecule has 0 fully saturated rings. The van der Waals surface area contributed by atoms with E-state index in [1.807, 2.05) is 0 Å². The first-order valence-electron chi connectivity index (χ1n) is 4.38. The van der Waals surface area contributed by atoms with Gasteiger partial charge in [0.25, 0.3) is 0 Å². The van der Waals surface area contributed by atoms with Crippen LogP contribution in [0.3, 0.4) is 0 Å². The van der Waals surface area contributed by atoms with Crippen LogP contribution in [0.5, 0.6) is 0 Å². The molecule has 1 nitrogen and oxygen atoms in total. The maximum atomic E-state index is 2.36. The fraction of sp³-hybridized carbons (Fsp3) is 0.600. The molecule has 1 heterocycles. The molecule has 1 heteroatoms. The Morgan fingerprint density at radius 2 is 2.18 bits per heavy atom. The molecule has 1 rings (SSSR count). The molecule has 1 aliphatic heterocycles. The van der Waals surface area contributed by atoms with Crippen molar-refractivity contribution in [3.8, 4) is 0 Å². The van der Waals surface area contributed by atoms with Crippen LogP contribution < -0.4 is 0 Å². The first kappa shape index (κ1) is 8.38. The van der Waals surface area contributed by atoms with Crippen molar-refractivity contribution in [3.05, 3.63) is 23.4 Å². The van der Waals surface area contributed by atoms with Crippen LogP contribution in [0.25, 0.3) is 0 Å². The minimum Gasteiger partial charge on any atom is -0.373 e. The third-order valence-electron chi connectivity index (χ3n) is 2.08. The number of allylic oxidation sites excluding steroid dienone is 2. The van der Waals surface area contributed by atoms with Crippen LogP contribution in [0.15, 0.2) is 23.4 Å². The maximum Gasteiger partial charge on any atom is 0.0386 e. The van der Waals surface area contributed by atoms with E-state index in [0.29, 0.717) is 0 Å². The lowest BCUT2D eigenvalue weighted by atomic mass is 10.1. The molecule has 62 valence electrons. The van der Waals surface area contributed by atoms with E-state index < -0.39 is 0 Å². The Bertz CT molecular complexity index is 189. The molecule has 0 radical (unpaired) electrons. The molecule has 0 aromatic rings. The first-order chi connectivity index (χ1) is 5.26. The van der Waals surface area contributed by atoms with Gasteiger partial charge in [-0.05, 0) is 25.8 Å². The van der Waals surface area contributed by atoms with E-state index in [2.05, 4.69) is 37.9 Å². The summed E-state index contributed by atoms with van der Waals surface area (Å²) in [5.41, 5.74) is 2.93. The summed E-state index contributed by atoms with van der Waals surface area (Å²) >= 11 is 0. The molecule has 0 aromatic heterocycles. The summed E-state index contributed by atoms with van der Waals surface area (Å²) in [6.07, 6.45) is 5.72.